The molecule has 34 heavy (non-hydrogen) atoms. The molecule has 0 bridgehead atoms. The first-order valence-corrected chi connectivity index (χ1v) is 12.3. The predicted octanol–water partition coefficient (Wildman–Crippen LogP) is 8.23. The molecule has 3 aromatic carbocycles. The van der Waals surface area contributed by atoms with Gasteiger partial charge in [0.05, 0.1) is 11.1 Å². The van der Waals surface area contributed by atoms with Crippen molar-refractivity contribution in [2.45, 2.75) is 65.2 Å². The molecule has 0 nitrogen and oxygen atoms in total. The molecule has 0 N–H and O–H groups in total. The Balaban J connectivity index is 1.65. The van der Waals surface area contributed by atoms with Gasteiger partial charge in [0.1, 0.15) is 11.6 Å². The lowest BCUT2D eigenvalue weighted by Gasteiger charge is -2.02. The van der Waals surface area contributed by atoms with E-state index in [1.165, 1.54) is 43.2 Å². The molecule has 0 aliphatic carbocycles. The summed E-state index contributed by atoms with van der Waals surface area (Å²) in [4.78, 5) is 0. The van der Waals surface area contributed by atoms with E-state index in [2.05, 4.69) is 49.7 Å². The molecule has 0 saturated heterocycles. The molecule has 3 aromatic rings. The summed E-state index contributed by atoms with van der Waals surface area (Å²) >= 11 is 0. The number of rotatable bonds is 8. The second-order valence-corrected chi connectivity index (χ2v) is 8.62. The molecular weight excluding hydrogens is 422 g/mol. The zero-order chi connectivity index (χ0) is 24.2. The first-order chi connectivity index (χ1) is 16.6. The number of hydrogen-bond donors (Lipinski definition) is 0. The number of halogens is 2. The highest BCUT2D eigenvalue weighted by atomic mass is 19.1. The van der Waals surface area contributed by atoms with E-state index in [1.807, 2.05) is 36.4 Å². The van der Waals surface area contributed by atoms with Crippen LogP contribution in [0.1, 0.15) is 85.8 Å². The Kier molecular flexibility index (Phi) is 9.94. The topological polar surface area (TPSA) is 0 Å². The fourth-order valence-corrected chi connectivity index (χ4v) is 3.75. The number of benzene rings is 3. The fraction of sp³-hybridized carbons (Fsp3) is 0.312. The Hall–Kier alpha value is -3.36. The van der Waals surface area contributed by atoms with Gasteiger partial charge in [-0.15, -0.1) is 0 Å². The second kappa shape index (κ2) is 13.4. The van der Waals surface area contributed by atoms with Gasteiger partial charge >= 0.3 is 0 Å². The third kappa shape index (κ3) is 7.90. The molecule has 0 unspecified atom stereocenters. The Bertz CT molecular complexity index is 1180. The zero-order valence-electron chi connectivity index (χ0n) is 20.2. The van der Waals surface area contributed by atoms with Gasteiger partial charge < -0.3 is 0 Å². The SMILES string of the molecule is CCCCCCCc1ccc(C#Cc2cc(F)c(C#Cc3ccc(CCC)cc3)cc2F)cc1. The van der Waals surface area contributed by atoms with E-state index in [0.29, 0.717) is 0 Å². The van der Waals surface area contributed by atoms with Crippen LogP contribution >= 0.6 is 0 Å². The van der Waals surface area contributed by atoms with Crippen LogP contribution in [0, 0.1) is 35.3 Å². The largest absolute Gasteiger partial charge is 0.206 e. The molecule has 0 radical (unpaired) electrons. The molecule has 2 heteroatoms. The summed E-state index contributed by atoms with van der Waals surface area (Å²) in [6.45, 7) is 4.35. The van der Waals surface area contributed by atoms with Crippen LogP contribution in [0.5, 0.6) is 0 Å². The summed E-state index contributed by atoms with van der Waals surface area (Å²) < 4.78 is 29.1. The Labute approximate surface area is 203 Å². The lowest BCUT2D eigenvalue weighted by Crippen LogP contribution is -1.92. The normalized spacial score (nSPS) is 10.2. The average Bonchev–Trinajstić information content (AvgIpc) is 2.85. The van der Waals surface area contributed by atoms with Crippen LogP contribution < -0.4 is 0 Å². The van der Waals surface area contributed by atoms with E-state index in [4.69, 9.17) is 0 Å². The van der Waals surface area contributed by atoms with Gasteiger partial charge in [0.25, 0.3) is 0 Å². The van der Waals surface area contributed by atoms with Gasteiger partial charge in [0, 0.05) is 11.1 Å². The summed E-state index contributed by atoms with van der Waals surface area (Å²) in [5.41, 5.74) is 4.14. The summed E-state index contributed by atoms with van der Waals surface area (Å²) in [7, 11) is 0. The van der Waals surface area contributed by atoms with Crippen LogP contribution in [0.15, 0.2) is 60.7 Å². The molecule has 0 atom stereocenters. The van der Waals surface area contributed by atoms with E-state index in [0.717, 1.165) is 42.5 Å². The highest BCUT2D eigenvalue weighted by molar-refractivity contribution is 5.49. The molecular formula is C32H32F2. The summed E-state index contributed by atoms with van der Waals surface area (Å²) in [5, 5.41) is 0. The minimum Gasteiger partial charge on any atom is -0.206 e. The maximum absolute atomic E-state index is 14.6. The van der Waals surface area contributed by atoms with Crippen LogP contribution in [-0.2, 0) is 12.8 Å². The number of aryl methyl sites for hydroxylation is 2. The molecule has 0 spiro atoms. The Morgan fingerprint density at radius 3 is 1.47 bits per heavy atom. The quantitative estimate of drug-likeness (QED) is 0.237. The highest BCUT2D eigenvalue weighted by Crippen LogP contribution is 2.15. The maximum atomic E-state index is 14.6. The predicted molar refractivity (Wildman–Crippen MR) is 138 cm³/mol. The van der Waals surface area contributed by atoms with Crippen molar-refractivity contribution in [3.63, 3.8) is 0 Å². The number of hydrogen-bond acceptors (Lipinski definition) is 0. The standard InChI is InChI=1S/C32H32F2/c1-3-5-6-7-8-10-26-13-17-28(18-14-26)20-22-30-24-31(33)29(23-32(30)34)21-19-27-15-11-25(9-4-2)12-16-27/h11-18,23-24H,3-10H2,1-2H3. The molecule has 0 aliphatic rings. The minimum atomic E-state index is -0.570. The molecule has 0 aliphatic heterocycles. The second-order valence-electron chi connectivity index (χ2n) is 8.62. The molecule has 3 rings (SSSR count). The third-order valence-electron chi connectivity index (χ3n) is 5.76. The molecule has 0 heterocycles. The summed E-state index contributed by atoms with van der Waals surface area (Å²) in [6.07, 6.45) is 9.43. The van der Waals surface area contributed by atoms with Crippen molar-refractivity contribution in [3.05, 3.63) is 106 Å². The van der Waals surface area contributed by atoms with E-state index in [1.54, 1.807) is 0 Å². The van der Waals surface area contributed by atoms with Crippen molar-refractivity contribution < 1.29 is 8.78 Å². The van der Waals surface area contributed by atoms with Crippen LogP contribution in [0.4, 0.5) is 8.78 Å². The van der Waals surface area contributed by atoms with Crippen molar-refractivity contribution in [3.8, 4) is 23.7 Å². The van der Waals surface area contributed by atoms with Crippen LogP contribution in [0.25, 0.3) is 0 Å². The molecule has 174 valence electrons. The average molecular weight is 455 g/mol. The van der Waals surface area contributed by atoms with Crippen LogP contribution in [0.3, 0.4) is 0 Å². The molecule has 0 amide bonds. The van der Waals surface area contributed by atoms with Crippen molar-refractivity contribution in [1.29, 1.82) is 0 Å². The van der Waals surface area contributed by atoms with Gasteiger partial charge in [0.15, 0.2) is 0 Å². The van der Waals surface area contributed by atoms with E-state index < -0.39 is 11.6 Å². The Morgan fingerprint density at radius 2 is 1.00 bits per heavy atom. The van der Waals surface area contributed by atoms with Gasteiger partial charge in [-0.25, -0.2) is 8.78 Å². The minimum absolute atomic E-state index is 0.0315. The van der Waals surface area contributed by atoms with E-state index >= 15 is 0 Å². The molecule has 0 fully saturated rings. The Morgan fingerprint density at radius 1 is 0.529 bits per heavy atom. The third-order valence-corrected chi connectivity index (χ3v) is 5.76. The van der Waals surface area contributed by atoms with Gasteiger partial charge in [-0.3, -0.25) is 0 Å². The summed E-state index contributed by atoms with van der Waals surface area (Å²) in [5.74, 6) is 10.2. The lowest BCUT2D eigenvalue weighted by molar-refractivity contribution is 0.594. The molecule has 0 saturated carbocycles. The van der Waals surface area contributed by atoms with Gasteiger partial charge in [-0.05, 0) is 66.8 Å². The molecule has 0 aromatic heterocycles. The van der Waals surface area contributed by atoms with Crippen molar-refractivity contribution in [2.24, 2.45) is 0 Å². The first-order valence-electron chi connectivity index (χ1n) is 12.3. The monoisotopic (exact) mass is 454 g/mol. The fourth-order valence-electron chi connectivity index (χ4n) is 3.75. The van der Waals surface area contributed by atoms with Crippen molar-refractivity contribution in [2.75, 3.05) is 0 Å². The van der Waals surface area contributed by atoms with Gasteiger partial charge in [0.2, 0.25) is 0 Å². The van der Waals surface area contributed by atoms with E-state index in [-0.39, 0.29) is 11.1 Å². The summed E-state index contributed by atoms with van der Waals surface area (Å²) in [6, 6.07) is 18.1. The smallest absolute Gasteiger partial charge is 0.140 e. The zero-order valence-corrected chi connectivity index (χ0v) is 20.2. The first kappa shape index (κ1) is 25.3. The highest BCUT2D eigenvalue weighted by Gasteiger charge is 2.07. The van der Waals surface area contributed by atoms with Gasteiger partial charge in [-0.1, -0.05) is 93.9 Å². The maximum Gasteiger partial charge on any atom is 0.140 e. The van der Waals surface area contributed by atoms with Crippen molar-refractivity contribution in [1.82, 2.24) is 0 Å². The van der Waals surface area contributed by atoms with E-state index in [9.17, 15) is 8.78 Å². The van der Waals surface area contributed by atoms with Gasteiger partial charge in [-0.2, -0.15) is 0 Å². The number of unbranched alkanes of at least 4 members (excludes halogenated alkanes) is 4. The van der Waals surface area contributed by atoms with Crippen molar-refractivity contribution >= 4 is 0 Å². The van der Waals surface area contributed by atoms with Crippen LogP contribution in [0.2, 0.25) is 0 Å². The van der Waals surface area contributed by atoms with Crippen LogP contribution in [-0.4, -0.2) is 0 Å². The lowest BCUT2D eigenvalue weighted by atomic mass is 10.0.